The lowest BCUT2D eigenvalue weighted by Gasteiger charge is -2.21. The minimum absolute atomic E-state index is 0.0881. The van der Waals surface area contributed by atoms with Crippen molar-refractivity contribution >= 4 is 43.8 Å². The quantitative estimate of drug-likeness (QED) is 0.326. The van der Waals surface area contributed by atoms with E-state index in [1.54, 1.807) is 20.8 Å². The summed E-state index contributed by atoms with van der Waals surface area (Å²) in [5, 5.41) is 18.6. The van der Waals surface area contributed by atoms with E-state index in [-0.39, 0.29) is 11.3 Å². The number of allylic oxidation sites excluding steroid dienone is 1. The second-order valence-electron chi connectivity index (χ2n) is 5.02. The van der Waals surface area contributed by atoms with Crippen LogP contribution in [0.4, 0.5) is 4.79 Å². The van der Waals surface area contributed by atoms with E-state index in [4.69, 9.17) is 4.74 Å². The van der Waals surface area contributed by atoms with Crippen LogP contribution < -0.4 is 5.59 Å². The molecule has 1 aromatic rings. The lowest BCUT2D eigenvalue weighted by molar-refractivity contribution is -0.104. The van der Waals surface area contributed by atoms with Crippen molar-refractivity contribution in [2.24, 2.45) is 0 Å². The number of aldehydes is 1. The van der Waals surface area contributed by atoms with Crippen LogP contribution in [0.15, 0.2) is 17.0 Å². The highest BCUT2D eigenvalue weighted by atomic mass is 32.1. The zero-order valence-electron chi connectivity index (χ0n) is 11.4. The van der Waals surface area contributed by atoms with Crippen molar-refractivity contribution in [3.8, 4) is 0 Å². The summed E-state index contributed by atoms with van der Waals surface area (Å²) in [5.74, 6) is 0. The van der Waals surface area contributed by atoms with Crippen molar-refractivity contribution in [1.29, 1.82) is 0 Å². The molecule has 0 saturated carbocycles. The van der Waals surface area contributed by atoms with Crippen molar-refractivity contribution in [3.63, 3.8) is 0 Å². The van der Waals surface area contributed by atoms with Gasteiger partial charge in [0.05, 0.1) is 11.3 Å². The number of ether oxygens (including phenoxy) is 1. The summed E-state index contributed by atoms with van der Waals surface area (Å²) < 4.78 is 6.16. The molecule has 0 atom stereocenters. The summed E-state index contributed by atoms with van der Waals surface area (Å²) in [6, 6.07) is 1.32. The van der Waals surface area contributed by atoms with Gasteiger partial charge in [0.25, 0.3) is 0 Å². The van der Waals surface area contributed by atoms with Gasteiger partial charge in [0.15, 0.2) is 0 Å². The first-order valence-corrected chi connectivity index (χ1v) is 6.28. The molecular weight excluding hydrogens is 281 g/mol. The standard InChI is InChI=1S/C12H16BNO5S/c1-12(2,3)19-11(16)14-8(5-4-6-15)9(20)7-10(14)13(17)18/h4-7,17-18,20H,1-3H3. The molecule has 0 spiro atoms. The molecule has 0 aromatic carbocycles. The highest BCUT2D eigenvalue weighted by Crippen LogP contribution is 2.18. The number of hydrogen-bond acceptors (Lipinski definition) is 6. The second kappa shape index (κ2) is 6.30. The number of thiol groups is 1. The molecule has 0 aliphatic carbocycles. The Labute approximate surface area is 122 Å². The van der Waals surface area contributed by atoms with Crippen LogP contribution >= 0.6 is 12.6 Å². The van der Waals surface area contributed by atoms with Gasteiger partial charge in [-0.1, -0.05) is 0 Å². The summed E-state index contributed by atoms with van der Waals surface area (Å²) in [6.45, 7) is 5.06. The predicted octanol–water partition coefficient (Wildman–Crippen LogP) is 0.452. The number of carbonyl (C=O) groups excluding carboxylic acids is 2. The largest absolute Gasteiger partial charge is 0.506 e. The molecule has 2 N–H and O–H groups in total. The van der Waals surface area contributed by atoms with Crippen LogP contribution in [0.5, 0.6) is 0 Å². The van der Waals surface area contributed by atoms with Gasteiger partial charge in [-0.15, -0.1) is 12.6 Å². The Hall–Kier alpha value is -1.51. The van der Waals surface area contributed by atoms with Gasteiger partial charge >= 0.3 is 13.2 Å². The van der Waals surface area contributed by atoms with Gasteiger partial charge in [0, 0.05) is 4.90 Å². The first kappa shape index (κ1) is 16.5. The number of rotatable bonds is 3. The second-order valence-corrected chi connectivity index (χ2v) is 5.51. The summed E-state index contributed by atoms with van der Waals surface area (Å²) in [5.41, 5.74) is -0.603. The zero-order chi connectivity index (χ0) is 15.5. The van der Waals surface area contributed by atoms with Crippen LogP contribution in [0.25, 0.3) is 6.08 Å². The highest BCUT2D eigenvalue weighted by molar-refractivity contribution is 7.80. The fourth-order valence-electron chi connectivity index (χ4n) is 1.52. The number of aromatic nitrogens is 1. The van der Waals surface area contributed by atoms with E-state index >= 15 is 0 Å². The third kappa shape index (κ3) is 3.99. The molecule has 0 saturated heterocycles. The molecule has 1 aromatic heterocycles. The van der Waals surface area contributed by atoms with Crippen LogP contribution in [0.3, 0.4) is 0 Å². The first-order chi connectivity index (χ1) is 9.17. The zero-order valence-corrected chi connectivity index (χ0v) is 12.3. The molecule has 0 unspecified atom stereocenters. The number of nitrogens with zero attached hydrogens (tertiary/aromatic N) is 1. The molecule has 8 heteroatoms. The van der Waals surface area contributed by atoms with Crippen molar-refractivity contribution < 1.29 is 24.4 Å². The van der Waals surface area contributed by atoms with Crippen molar-refractivity contribution in [2.75, 3.05) is 0 Å². The summed E-state index contributed by atoms with van der Waals surface area (Å²) in [4.78, 5) is 22.9. The minimum atomic E-state index is -1.87. The molecule has 1 heterocycles. The van der Waals surface area contributed by atoms with Gasteiger partial charge in [-0.2, -0.15) is 0 Å². The van der Waals surface area contributed by atoms with Crippen LogP contribution in [0.1, 0.15) is 26.5 Å². The Balaban J connectivity index is 3.36. The van der Waals surface area contributed by atoms with Gasteiger partial charge in [-0.05, 0) is 39.0 Å². The Morgan fingerprint density at radius 1 is 1.45 bits per heavy atom. The molecule has 6 nitrogen and oxygen atoms in total. The highest BCUT2D eigenvalue weighted by Gasteiger charge is 2.28. The van der Waals surface area contributed by atoms with Gasteiger partial charge in [0.2, 0.25) is 0 Å². The summed E-state index contributed by atoms with van der Waals surface area (Å²) in [6.07, 6.45) is 2.26. The fourth-order valence-corrected chi connectivity index (χ4v) is 1.83. The molecular formula is C12H16BNO5S. The predicted molar refractivity (Wildman–Crippen MR) is 78.2 cm³/mol. The monoisotopic (exact) mass is 297 g/mol. The van der Waals surface area contributed by atoms with Crippen LogP contribution in [0, 0.1) is 0 Å². The average Bonchev–Trinajstić information content (AvgIpc) is 2.61. The molecule has 0 amide bonds. The molecule has 108 valence electrons. The molecule has 20 heavy (non-hydrogen) atoms. The Morgan fingerprint density at radius 3 is 2.50 bits per heavy atom. The maximum Gasteiger partial charge on any atom is 0.506 e. The molecule has 1 rings (SSSR count). The summed E-state index contributed by atoms with van der Waals surface area (Å²) >= 11 is 4.14. The SMILES string of the molecule is CC(C)(C)OC(=O)n1c(B(O)O)cc(S)c1C=CC=O. The lowest BCUT2D eigenvalue weighted by atomic mass is 9.86. The van der Waals surface area contributed by atoms with Gasteiger partial charge in [-0.25, -0.2) is 4.79 Å². The maximum atomic E-state index is 12.1. The number of carbonyl (C=O) groups is 2. The molecule has 0 radical (unpaired) electrons. The van der Waals surface area contributed by atoms with E-state index in [0.717, 1.165) is 4.57 Å². The van der Waals surface area contributed by atoms with Gasteiger partial charge in [0.1, 0.15) is 11.9 Å². The van der Waals surface area contributed by atoms with Crippen molar-refractivity contribution in [2.45, 2.75) is 31.3 Å². The Kier molecular flexibility index (Phi) is 5.21. The Bertz CT molecular complexity index is 545. The molecule has 0 aliphatic heterocycles. The van der Waals surface area contributed by atoms with Crippen LogP contribution in [0.2, 0.25) is 0 Å². The maximum absolute atomic E-state index is 12.1. The smallest absolute Gasteiger partial charge is 0.443 e. The molecule has 0 fully saturated rings. The average molecular weight is 297 g/mol. The third-order valence-electron chi connectivity index (χ3n) is 2.22. The van der Waals surface area contributed by atoms with Crippen LogP contribution in [-0.2, 0) is 9.53 Å². The van der Waals surface area contributed by atoms with Crippen molar-refractivity contribution in [1.82, 2.24) is 4.57 Å². The first-order valence-electron chi connectivity index (χ1n) is 5.83. The van der Waals surface area contributed by atoms with E-state index in [9.17, 15) is 19.6 Å². The van der Waals surface area contributed by atoms with Crippen LogP contribution in [-0.4, -0.2) is 39.7 Å². The lowest BCUT2D eigenvalue weighted by Crippen LogP contribution is -2.41. The molecule has 0 aliphatic rings. The normalized spacial score (nSPS) is 11.7. The van der Waals surface area contributed by atoms with E-state index in [2.05, 4.69) is 12.6 Å². The van der Waals surface area contributed by atoms with Crippen molar-refractivity contribution in [3.05, 3.63) is 17.8 Å². The third-order valence-corrected chi connectivity index (χ3v) is 2.58. The van der Waals surface area contributed by atoms with Gasteiger partial charge in [-0.3, -0.25) is 9.36 Å². The fraction of sp³-hybridized carbons (Fsp3) is 0.333. The van der Waals surface area contributed by atoms with E-state index in [0.29, 0.717) is 11.2 Å². The van der Waals surface area contributed by atoms with E-state index < -0.39 is 18.8 Å². The van der Waals surface area contributed by atoms with E-state index in [1.165, 1.54) is 18.2 Å². The summed E-state index contributed by atoms with van der Waals surface area (Å²) in [7, 11) is -1.87. The topological polar surface area (TPSA) is 88.8 Å². The minimum Gasteiger partial charge on any atom is -0.443 e. The number of hydrogen-bond donors (Lipinski definition) is 3. The Morgan fingerprint density at radius 2 is 2.05 bits per heavy atom. The van der Waals surface area contributed by atoms with Gasteiger partial charge < -0.3 is 14.8 Å². The molecule has 0 bridgehead atoms. The van der Waals surface area contributed by atoms with E-state index in [1.807, 2.05) is 0 Å².